The molecule has 0 amide bonds. The average molecular weight is 827 g/mol. The Kier molecular flexibility index (Phi) is 40.3. The average Bonchev–Trinajstić information content (AvgIpc) is 3.16. The lowest BCUT2D eigenvalue weighted by Crippen LogP contribution is -2.37. The van der Waals surface area contributed by atoms with Crippen molar-refractivity contribution in [3.8, 4) is 0 Å². The molecule has 1 unspecified atom stereocenters. The second kappa shape index (κ2) is 41.3. The van der Waals surface area contributed by atoms with Crippen LogP contribution in [-0.2, 0) is 27.9 Å². The van der Waals surface area contributed by atoms with Gasteiger partial charge in [-0.05, 0) is 57.4 Å². The summed E-state index contributed by atoms with van der Waals surface area (Å²) in [5, 5.41) is 0. The lowest BCUT2D eigenvalue weighted by molar-refractivity contribution is -0.870. The Morgan fingerprint density at radius 2 is 0.982 bits per heavy atom. The van der Waals surface area contributed by atoms with Gasteiger partial charge < -0.3 is 18.9 Å². The third kappa shape index (κ3) is 45.5. The standard InChI is InChI=1S/C48H92NO7P/c1-6-8-10-12-14-16-18-20-22-24-26-28-30-32-34-36-38-40-43-53-45-47(46-55-57(51,52)54-44-42-49(3,4)5)56-48(50)41-39-37-35-33-31-29-27-25-23-21-19-17-15-13-11-9-7-2/h15,17,21,23,40,43,47H,6-14,16,18-20,22,24-39,41-42,44-46H2,1-5H3/p+1/b17-15-,23-21-,43-40-/t47-/m1/s1. The number of likely N-dealkylation sites (N-methyl/N-ethyl adjacent to an activating group) is 1. The van der Waals surface area contributed by atoms with Gasteiger partial charge in [-0.25, -0.2) is 4.57 Å². The number of ether oxygens (including phenoxy) is 2. The van der Waals surface area contributed by atoms with Crippen molar-refractivity contribution < 1.29 is 37.3 Å². The van der Waals surface area contributed by atoms with Crippen LogP contribution in [0.5, 0.6) is 0 Å². The molecule has 0 rings (SSSR count). The van der Waals surface area contributed by atoms with Gasteiger partial charge in [0.05, 0.1) is 34.0 Å². The van der Waals surface area contributed by atoms with E-state index in [0.29, 0.717) is 17.4 Å². The molecule has 9 heteroatoms. The van der Waals surface area contributed by atoms with E-state index in [-0.39, 0.29) is 25.8 Å². The summed E-state index contributed by atoms with van der Waals surface area (Å²) >= 11 is 0. The number of carbonyl (C=O) groups excluding carboxylic acids is 1. The van der Waals surface area contributed by atoms with E-state index in [2.05, 4.69) is 38.2 Å². The van der Waals surface area contributed by atoms with Crippen molar-refractivity contribution in [3.63, 3.8) is 0 Å². The second-order valence-corrected chi connectivity index (χ2v) is 18.7. The van der Waals surface area contributed by atoms with Gasteiger partial charge in [0.15, 0.2) is 6.10 Å². The van der Waals surface area contributed by atoms with Gasteiger partial charge in [-0.15, -0.1) is 0 Å². The number of hydrogen-bond acceptors (Lipinski definition) is 6. The molecule has 0 aliphatic carbocycles. The molecule has 0 fully saturated rings. The number of hydrogen-bond donors (Lipinski definition) is 1. The molecule has 336 valence electrons. The molecule has 1 N–H and O–H groups in total. The summed E-state index contributed by atoms with van der Waals surface area (Å²) in [5.41, 5.74) is 0. The van der Waals surface area contributed by atoms with Crippen LogP contribution in [0, 0.1) is 0 Å². The molecule has 8 nitrogen and oxygen atoms in total. The van der Waals surface area contributed by atoms with Crippen LogP contribution in [0.25, 0.3) is 0 Å². The van der Waals surface area contributed by atoms with Crippen molar-refractivity contribution in [2.24, 2.45) is 0 Å². The first-order chi connectivity index (χ1) is 27.6. The molecule has 57 heavy (non-hydrogen) atoms. The maximum atomic E-state index is 12.7. The predicted molar refractivity (Wildman–Crippen MR) is 242 cm³/mol. The summed E-state index contributed by atoms with van der Waals surface area (Å²) < 4.78 is 34.8. The summed E-state index contributed by atoms with van der Waals surface area (Å²) in [6.07, 6.45) is 49.9. The molecule has 2 atom stereocenters. The number of unbranched alkanes of at least 4 members (excludes halogenated alkanes) is 26. The van der Waals surface area contributed by atoms with Gasteiger partial charge in [-0.3, -0.25) is 13.8 Å². The molecular weight excluding hydrogens is 734 g/mol. The Morgan fingerprint density at radius 1 is 0.561 bits per heavy atom. The number of allylic oxidation sites excluding steroid dienone is 5. The third-order valence-corrected chi connectivity index (χ3v) is 11.3. The monoisotopic (exact) mass is 827 g/mol. The number of phosphoric ester groups is 1. The number of nitrogens with zero attached hydrogens (tertiary/aromatic N) is 1. The number of quaternary nitrogens is 1. The number of rotatable bonds is 44. The highest BCUT2D eigenvalue weighted by molar-refractivity contribution is 7.47. The van der Waals surface area contributed by atoms with Crippen molar-refractivity contribution in [2.45, 2.75) is 219 Å². The minimum atomic E-state index is -4.29. The molecule has 0 aromatic carbocycles. The van der Waals surface area contributed by atoms with Crippen LogP contribution in [0.2, 0.25) is 0 Å². The Labute approximate surface area is 353 Å². The highest BCUT2D eigenvalue weighted by Gasteiger charge is 2.26. The van der Waals surface area contributed by atoms with Gasteiger partial charge in [-0.2, -0.15) is 0 Å². The van der Waals surface area contributed by atoms with Gasteiger partial charge in [0.2, 0.25) is 0 Å². The van der Waals surface area contributed by atoms with Crippen molar-refractivity contribution in [1.29, 1.82) is 0 Å². The van der Waals surface area contributed by atoms with Crippen LogP contribution in [0.3, 0.4) is 0 Å². The van der Waals surface area contributed by atoms with Gasteiger partial charge in [0.1, 0.15) is 19.8 Å². The van der Waals surface area contributed by atoms with E-state index in [4.69, 9.17) is 18.5 Å². The maximum absolute atomic E-state index is 12.7. The lowest BCUT2D eigenvalue weighted by Gasteiger charge is -2.24. The SMILES string of the molecule is CCCCC/C=C\C/C=C\CCCCCCCCCC(=O)O[C@H](CO/C=C\CCCCCCCCCCCCCCCCCC)COP(=O)(O)OCC[N+](C)(C)C. The third-order valence-electron chi connectivity index (χ3n) is 10.3. The Bertz CT molecular complexity index is 1010. The smallest absolute Gasteiger partial charge is 0.472 e. The molecule has 0 aliphatic rings. The summed E-state index contributed by atoms with van der Waals surface area (Å²) in [5.74, 6) is -0.342. The zero-order chi connectivity index (χ0) is 42.0. The van der Waals surface area contributed by atoms with Gasteiger partial charge in [0.25, 0.3) is 0 Å². The molecule has 0 spiro atoms. The van der Waals surface area contributed by atoms with Crippen LogP contribution < -0.4 is 0 Å². The fraction of sp³-hybridized carbons (Fsp3) is 0.854. The zero-order valence-electron chi connectivity index (χ0n) is 38.1. The van der Waals surface area contributed by atoms with E-state index >= 15 is 0 Å². The topological polar surface area (TPSA) is 91.3 Å². The number of phosphoric acid groups is 1. The fourth-order valence-electron chi connectivity index (χ4n) is 6.55. The molecule has 0 saturated carbocycles. The molecule has 0 bridgehead atoms. The molecule has 0 saturated heterocycles. The van der Waals surface area contributed by atoms with Gasteiger partial charge >= 0.3 is 13.8 Å². The largest absolute Gasteiger partial charge is 0.498 e. The van der Waals surface area contributed by atoms with Crippen LogP contribution in [0.15, 0.2) is 36.6 Å². The number of esters is 1. The summed E-state index contributed by atoms with van der Waals surface area (Å²) in [6, 6.07) is 0. The second-order valence-electron chi connectivity index (χ2n) is 17.2. The fourth-order valence-corrected chi connectivity index (χ4v) is 7.29. The van der Waals surface area contributed by atoms with E-state index in [0.717, 1.165) is 44.9 Å². The highest BCUT2D eigenvalue weighted by Crippen LogP contribution is 2.43. The van der Waals surface area contributed by atoms with Crippen molar-refractivity contribution in [2.75, 3.05) is 47.5 Å². The Hall–Kier alpha value is -1.44. The summed E-state index contributed by atoms with van der Waals surface area (Å²) in [6.45, 7) is 4.92. The highest BCUT2D eigenvalue weighted by atomic mass is 31.2. The lowest BCUT2D eigenvalue weighted by atomic mass is 10.0. The van der Waals surface area contributed by atoms with E-state index < -0.39 is 13.9 Å². The van der Waals surface area contributed by atoms with Gasteiger partial charge in [-0.1, -0.05) is 179 Å². The first kappa shape index (κ1) is 55.6. The minimum absolute atomic E-state index is 0.0466. The molecule has 0 aliphatic heterocycles. The van der Waals surface area contributed by atoms with Crippen molar-refractivity contribution in [3.05, 3.63) is 36.6 Å². The maximum Gasteiger partial charge on any atom is 0.472 e. The van der Waals surface area contributed by atoms with E-state index in [9.17, 15) is 14.3 Å². The first-order valence-corrected chi connectivity index (χ1v) is 25.3. The van der Waals surface area contributed by atoms with Crippen molar-refractivity contribution >= 4 is 13.8 Å². The van der Waals surface area contributed by atoms with Crippen molar-refractivity contribution in [1.82, 2.24) is 0 Å². The normalized spacial score (nSPS) is 13.9. The molecule has 0 aromatic rings. The molecule has 0 aromatic heterocycles. The molecular formula is C48H93NO7P+. The predicted octanol–water partition coefficient (Wildman–Crippen LogP) is 14.5. The van der Waals surface area contributed by atoms with Crippen LogP contribution in [0.4, 0.5) is 0 Å². The Morgan fingerprint density at radius 3 is 1.47 bits per heavy atom. The quantitative estimate of drug-likeness (QED) is 0.0163. The van der Waals surface area contributed by atoms with Crippen LogP contribution in [-0.4, -0.2) is 69.0 Å². The van der Waals surface area contributed by atoms with Gasteiger partial charge in [0, 0.05) is 6.42 Å². The van der Waals surface area contributed by atoms with E-state index in [1.807, 2.05) is 27.2 Å². The minimum Gasteiger partial charge on any atom is -0.498 e. The van der Waals surface area contributed by atoms with Crippen LogP contribution >= 0.6 is 7.82 Å². The molecule has 0 heterocycles. The summed E-state index contributed by atoms with van der Waals surface area (Å²) in [7, 11) is 1.63. The first-order valence-electron chi connectivity index (χ1n) is 23.8. The Balaban J connectivity index is 4.24. The van der Waals surface area contributed by atoms with E-state index in [1.54, 1.807) is 6.26 Å². The summed E-state index contributed by atoms with van der Waals surface area (Å²) in [4.78, 5) is 22.9. The van der Waals surface area contributed by atoms with Crippen LogP contribution in [0.1, 0.15) is 213 Å². The van der Waals surface area contributed by atoms with E-state index in [1.165, 1.54) is 148 Å². The number of carbonyl (C=O) groups is 1. The zero-order valence-corrected chi connectivity index (χ0v) is 39.0. The molecule has 0 radical (unpaired) electrons.